The Morgan fingerprint density at radius 1 is 1.29 bits per heavy atom. The summed E-state index contributed by atoms with van der Waals surface area (Å²) in [6, 6.07) is 7.39. The number of aliphatic carboxylic acids is 1. The van der Waals surface area contributed by atoms with Gasteiger partial charge >= 0.3 is 5.97 Å². The number of hydrogen-bond donors (Lipinski definition) is 1. The minimum atomic E-state index is -0.956. The molecule has 0 atom stereocenters. The third kappa shape index (κ3) is 4.25. The van der Waals surface area contributed by atoms with Crippen molar-refractivity contribution in [2.24, 2.45) is 7.05 Å². The Kier molecular flexibility index (Phi) is 5.84. The number of amides is 2. The van der Waals surface area contributed by atoms with E-state index in [1.807, 2.05) is 24.3 Å². The van der Waals surface area contributed by atoms with Gasteiger partial charge in [-0.2, -0.15) is 5.10 Å². The maximum absolute atomic E-state index is 12.6. The Bertz CT molecular complexity index is 949. The van der Waals surface area contributed by atoms with Crippen molar-refractivity contribution in [1.82, 2.24) is 14.7 Å². The maximum Gasteiger partial charge on any atom is 0.303 e. The molecule has 1 fully saturated rings. The molecule has 2 heterocycles. The van der Waals surface area contributed by atoms with Gasteiger partial charge in [0.15, 0.2) is 0 Å². The number of ether oxygens (including phenoxy) is 1. The number of imide groups is 1. The first-order valence-electron chi connectivity index (χ1n) is 8.54. The Morgan fingerprint density at radius 3 is 2.64 bits per heavy atom. The Hall–Kier alpha value is -3.07. The zero-order chi connectivity index (χ0) is 20.3. The summed E-state index contributed by atoms with van der Waals surface area (Å²) in [5.41, 5.74) is 2.25. The van der Waals surface area contributed by atoms with Crippen LogP contribution in [0.15, 0.2) is 35.4 Å². The predicted octanol–water partition coefficient (Wildman–Crippen LogP) is 3.00. The van der Waals surface area contributed by atoms with Crippen molar-refractivity contribution < 1.29 is 24.2 Å². The molecule has 1 N–H and O–H groups in total. The number of thioether (sulfide) groups is 1. The molecule has 2 amide bonds. The molecule has 3 rings (SSSR count). The van der Waals surface area contributed by atoms with E-state index in [0.717, 1.165) is 28.0 Å². The second kappa shape index (κ2) is 8.30. The highest BCUT2D eigenvalue weighted by molar-refractivity contribution is 8.18. The number of methoxy groups -OCH3 is 1. The molecule has 0 bridgehead atoms. The van der Waals surface area contributed by atoms with Crippen LogP contribution in [0.5, 0.6) is 5.75 Å². The van der Waals surface area contributed by atoms with Crippen molar-refractivity contribution in [2.45, 2.75) is 12.8 Å². The van der Waals surface area contributed by atoms with Crippen molar-refractivity contribution in [3.63, 3.8) is 0 Å². The lowest BCUT2D eigenvalue weighted by Crippen LogP contribution is -2.29. The van der Waals surface area contributed by atoms with Gasteiger partial charge in [0.25, 0.3) is 11.1 Å². The summed E-state index contributed by atoms with van der Waals surface area (Å²) in [5.74, 6) is -0.643. The molecule has 8 nitrogen and oxygen atoms in total. The van der Waals surface area contributed by atoms with Crippen LogP contribution < -0.4 is 4.74 Å². The number of carbonyl (C=O) groups excluding carboxylic acids is 2. The van der Waals surface area contributed by atoms with Gasteiger partial charge in [0.2, 0.25) is 0 Å². The number of nitrogens with zero attached hydrogens (tertiary/aromatic N) is 3. The molecule has 28 heavy (non-hydrogen) atoms. The Balaban J connectivity index is 1.84. The fourth-order valence-electron chi connectivity index (χ4n) is 2.81. The van der Waals surface area contributed by atoms with Crippen molar-refractivity contribution in [3.8, 4) is 17.0 Å². The lowest BCUT2D eigenvalue weighted by molar-refractivity contribution is -0.137. The standard InChI is InChI=1S/C19H19N3O5S/c1-21-11-13(17(20-21)12-5-7-14(27-2)8-6-12)10-15-18(25)22(19(26)28-15)9-3-4-16(23)24/h5-8,10-11H,3-4,9H2,1-2H3,(H,23,24)/b15-10+. The van der Waals surface area contributed by atoms with E-state index in [1.54, 1.807) is 31.1 Å². The molecular weight excluding hydrogens is 382 g/mol. The van der Waals surface area contributed by atoms with Crippen LogP contribution in [-0.4, -0.2) is 50.6 Å². The third-order valence-corrected chi connectivity index (χ3v) is 5.06. The summed E-state index contributed by atoms with van der Waals surface area (Å²) in [7, 11) is 3.37. The van der Waals surface area contributed by atoms with E-state index in [9.17, 15) is 14.4 Å². The fraction of sp³-hybridized carbons (Fsp3) is 0.263. The average Bonchev–Trinajstić information content (AvgIpc) is 3.15. The molecule has 0 aliphatic carbocycles. The van der Waals surface area contributed by atoms with E-state index in [-0.39, 0.29) is 19.4 Å². The van der Waals surface area contributed by atoms with Crippen LogP contribution in [0.3, 0.4) is 0 Å². The third-order valence-electron chi connectivity index (χ3n) is 4.15. The van der Waals surface area contributed by atoms with Crippen molar-refractivity contribution >= 4 is 35.0 Å². The monoisotopic (exact) mass is 401 g/mol. The van der Waals surface area contributed by atoms with E-state index >= 15 is 0 Å². The zero-order valence-corrected chi connectivity index (χ0v) is 16.2. The Morgan fingerprint density at radius 2 is 2.00 bits per heavy atom. The summed E-state index contributed by atoms with van der Waals surface area (Å²) in [6.07, 6.45) is 3.56. The second-order valence-corrected chi connectivity index (χ2v) is 7.16. The van der Waals surface area contributed by atoms with Gasteiger partial charge in [0, 0.05) is 37.3 Å². The topological polar surface area (TPSA) is 102 Å². The minimum Gasteiger partial charge on any atom is -0.497 e. The highest BCUT2D eigenvalue weighted by Crippen LogP contribution is 2.34. The predicted molar refractivity (Wildman–Crippen MR) is 105 cm³/mol. The van der Waals surface area contributed by atoms with Gasteiger partial charge in [-0.25, -0.2) is 0 Å². The molecule has 1 aromatic heterocycles. The van der Waals surface area contributed by atoms with Gasteiger partial charge in [0.05, 0.1) is 17.7 Å². The normalized spacial score (nSPS) is 15.5. The average molecular weight is 401 g/mol. The molecule has 9 heteroatoms. The van der Waals surface area contributed by atoms with Gasteiger partial charge in [-0.3, -0.25) is 24.0 Å². The van der Waals surface area contributed by atoms with Gasteiger partial charge in [-0.15, -0.1) is 0 Å². The van der Waals surface area contributed by atoms with Crippen LogP contribution in [0.25, 0.3) is 17.3 Å². The van der Waals surface area contributed by atoms with E-state index in [0.29, 0.717) is 16.2 Å². The number of aromatic nitrogens is 2. The van der Waals surface area contributed by atoms with Gasteiger partial charge in [-0.1, -0.05) is 0 Å². The number of carboxylic acids is 1. The lowest BCUT2D eigenvalue weighted by atomic mass is 10.1. The summed E-state index contributed by atoms with van der Waals surface area (Å²) < 4.78 is 6.81. The van der Waals surface area contributed by atoms with Crippen LogP contribution in [0, 0.1) is 0 Å². The van der Waals surface area contributed by atoms with Gasteiger partial charge < -0.3 is 9.84 Å². The number of carboxylic acid groups (broad SMARTS) is 1. The molecule has 1 aliphatic heterocycles. The van der Waals surface area contributed by atoms with Crippen LogP contribution in [-0.2, 0) is 16.6 Å². The number of carbonyl (C=O) groups is 3. The van der Waals surface area contributed by atoms with Crippen LogP contribution in [0.4, 0.5) is 4.79 Å². The first-order valence-corrected chi connectivity index (χ1v) is 9.36. The molecule has 0 saturated carbocycles. The van der Waals surface area contributed by atoms with Crippen LogP contribution in [0.2, 0.25) is 0 Å². The zero-order valence-electron chi connectivity index (χ0n) is 15.4. The molecule has 0 spiro atoms. The molecule has 0 radical (unpaired) electrons. The highest BCUT2D eigenvalue weighted by atomic mass is 32.2. The molecule has 0 unspecified atom stereocenters. The minimum absolute atomic E-state index is 0.0900. The first-order chi connectivity index (χ1) is 13.4. The van der Waals surface area contributed by atoms with Crippen LogP contribution in [0.1, 0.15) is 18.4 Å². The number of aryl methyl sites for hydroxylation is 1. The van der Waals surface area contributed by atoms with Crippen LogP contribution >= 0.6 is 11.8 Å². The summed E-state index contributed by atoms with van der Waals surface area (Å²) >= 11 is 0.849. The van der Waals surface area contributed by atoms with E-state index in [2.05, 4.69) is 5.10 Å². The maximum atomic E-state index is 12.6. The molecule has 1 saturated heterocycles. The van der Waals surface area contributed by atoms with E-state index < -0.39 is 17.1 Å². The smallest absolute Gasteiger partial charge is 0.303 e. The number of rotatable bonds is 7. The van der Waals surface area contributed by atoms with Crippen molar-refractivity contribution in [3.05, 3.63) is 40.9 Å². The van der Waals surface area contributed by atoms with E-state index in [4.69, 9.17) is 9.84 Å². The molecule has 1 aliphatic rings. The summed E-state index contributed by atoms with van der Waals surface area (Å²) in [5, 5.41) is 12.8. The fourth-order valence-corrected chi connectivity index (χ4v) is 3.66. The lowest BCUT2D eigenvalue weighted by Gasteiger charge is -2.10. The summed E-state index contributed by atoms with van der Waals surface area (Å²) in [6.45, 7) is 0.0900. The largest absolute Gasteiger partial charge is 0.497 e. The highest BCUT2D eigenvalue weighted by Gasteiger charge is 2.35. The van der Waals surface area contributed by atoms with Gasteiger partial charge in [0.1, 0.15) is 5.75 Å². The molecule has 146 valence electrons. The Labute approximate surface area is 165 Å². The molecular formula is C19H19N3O5S. The van der Waals surface area contributed by atoms with Crippen molar-refractivity contribution in [1.29, 1.82) is 0 Å². The van der Waals surface area contributed by atoms with Crippen molar-refractivity contribution in [2.75, 3.05) is 13.7 Å². The first kappa shape index (κ1) is 19.7. The quantitative estimate of drug-likeness (QED) is 0.712. The van der Waals surface area contributed by atoms with E-state index in [1.165, 1.54) is 0 Å². The van der Waals surface area contributed by atoms with Gasteiger partial charge in [-0.05, 0) is 48.5 Å². The molecule has 1 aromatic carbocycles. The molecule has 2 aromatic rings. The number of hydrogen-bond acceptors (Lipinski definition) is 6. The summed E-state index contributed by atoms with van der Waals surface area (Å²) in [4.78, 5) is 36.7. The SMILES string of the molecule is COc1ccc(-c2nn(C)cc2/C=C2/SC(=O)N(CCCC(=O)O)C2=O)cc1. The number of benzene rings is 1. The second-order valence-electron chi connectivity index (χ2n) is 6.17.